The number of nitrogens with one attached hydrogen (secondary N) is 1. The zero-order chi connectivity index (χ0) is 14.7. The van der Waals surface area contributed by atoms with Gasteiger partial charge in [0.25, 0.3) is 5.56 Å². The number of likely N-dealkylation sites (N-methyl/N-ethyl adjacent to an activating group) is 1. The minimum Gasteiger partial charge on any atom is -0.312 e. The third-order valence-corrected chi connectivity index (χ3v) is 3.92. The van der Waals surface area contributed by atoms with Crippen molar-refractivity contribution in [2.75, 3.05) is 20.1 Å². The van der Waals surface area contributed by atoms with Gasteiger partial charge >= 0.3 is 0 Å². The van der Waals surface area contributed by atoms with Gasteiger partial charge in [0.05, 0.1) is 0 Å². The van der Waals surface area contributed by atoms with Crippen molar-refractivity contribution < 1.29 is 0 Å². The van der Waals surface area contributed by atoms with Gasteiger partial charge in [-0.05, 0) is 38.1 Å². The molecule has 112 valence electrons. The average Bonchev–Trinajstić information content (AvgIpc) is 2.39. The normalized spacial score (nSPS) is 15.7. The molecule has 1 aliphatic heterocycles. The van der Waals surface area contributed by atoms with E-state index in [1.807, 2.05) is 4.57 Å². The maximum absolute atomic E-state index is 12.5. The van der Waals surface area contributed by atoms with E-state index in [-0.39, 0.29) is 5.56 Å². The van der Waals surface area contributed by atoms with Gasteiger partial charge in [0.1, 0.15) is 0 Å². The smallest absolute Gasteiger partial charge is 0.255 e. The van der Waals surface area contributed by atoms with Crippen molar-refractivity contribution in [1.29, 1.82) is 0 Å². The molecule has 1 N–H and O–H groups in total. The number of nitrogens with zero attached hydrogens (tertiary/aromatic N) is 2. The van der Waals surface area contributed by atoms with Crippen LogP contribution in [0.4, 0.5) is 0 Å². The Morgan fingerprint density at radius 3 is 2.80 bits per heavy atom. The predicted molar refractivity (Wildman–Crippen MR) is 83.0 cm³/mol. The largest absolute Gasteiger partial charge is 0.312 e. The van der Waals surface area contributed by atoms with Crippen molar-refractivity contribution in [2.24, 2.45) is 5.92 Å². The zero-order valence-corrected chi connectivity index (χ0v) is 13.2. The van der Waals surface area contributed by atoms with Crippen molar-refractivity contribution in [1.82, 2.24) is 14.8 Å². The molecular weight excluding hydrogens is 250 g/mol. The third kappa shape index (κ3) is 3.30. The molecule has 1 aromatic rings. The summed E-state index contributed by atoms with van der Waals surface area (Å²) in [6, 6.07) is 2.12. The highest BCUT2D eigenvalue weighted by molar-refractivity contribution is 5.29. The Labute approximate surface area is 121 Å². The molecule has 0 saturated carbocycles. The zero-order valence-electron chi connectivity index (χ0n) is 13.2. The molecule has 4 nitrogen and oxygen atoms in total. The van der Waals surface area contributed by atoms with Gasteiger partial charge in [0, 0.05) is 43.9 Å². The maximum Gasteiger partial charge on any atom is 0.255 e. The lowest BCUT2D eigenvalue weighted by Crippen LogP contribution is -2.36. The van der Waals surface area contributed by atoms with Gasteiger partial charge in [-0.1, -0.05) is 13.8 Å². The van der Waals surface area contributed by atoms with Crippen LogP contribution in [-0.4, -0.2) is 29.6 Å². The molecule has 1 aliphatic rings. The SMILES string of the molecule is CCn1c2c(cc(CNCC(C)C)c1=O)CN(C)CC2. The molecule has 0 bridgehead atoms. The predicted octanol–water partition coefficient (Wildman–Crippen LogP) is 1.60. The fourth-order valence-electron chi connectivity index (χ4n) is 2.88. The molecule has 0 atom stereocenters. The van der Waals surface area contributed by atoms with E-state index >= 15 is 0 Å². The highest BCUT2D eigenvalue weighted by Crippen LogP contribution is 2.17. The van der Waals surface area contributed by atoms with Gasteiger partial charge in [0.15, 0.2) is 0 Å². The topological polar surface area (TPSA) is 37.3 Å². The van der Waals surface area contributed by atoms with E-state index in [0.717, 1.165) is 38.2 Å². The van der Waals surface area contributed by atoms with Gasteiger partial charge in [0.2, 0.25) is 0 Å². The summed E-state index contributed by atoms with van der Waals surface area (Å²) in [5, 5.41) is 3.38. The van der Waals surface area contributed by atoms with E-state index in [1.54, 1.807) is 0 Å². The van der Waals surface area contributed by atoms with Crippen LogP contribution >= 0.6 is 0 Å². The fraction of sp³-hybridized carbons (Fsp3) is 0.688. The quantitative estimate of drug-likeness (QED) is 0.888. The standard InChI is InChI=1S/C16H27N3O/c1-5-19-15-6-7-18(4)11-14(15)8-13(16(19)20)10-17-9-12(2)3/h8,12,17H,5-7,9-11H2,1-4H3. The first-order chi connectivity index (χ1) is 9.52. The molecule has 0 saturated heterocycles. The number of hydrogen-bond donors (Lipinski definition) is 1. The molecule has 0 aliphatic carbocycles. The summed E-state index contributed by atoms with van der Waals surface area (Å²) in [7, 11) is 2.14. The number of fused-ring (bicyclic) bond motifs is 1. The van der Waals surface area contributed by atoms with Crippen LogP contribution in [0.1, 0.15) is 37.6 Å². The highest BCUT2D eigenvalue weighted by atomic mass is 16.1. The van der Waals surface area contributed by atoms with Gasteiger partial charge < -0.3 is 14.8 Å². The van der Waals surface area contributed by atoms with Gasteiger partial charge in [-0.15, -0.1) is 0 Å². The van der Waals surface area contributed by atoms with Crippen molar-refractivity contribution in [3.63, 3.8) is 0 Å². The summed E-state index contributed by atoms with van der Waals surface area (Å²) < 4.78 is 1.97. The van der Waals surface area contributed by atoms with E-state index in [0.29, 0.717) is 12.5 Å². The number of aromatic nitrogens is 1. The second kappa shape index (κ2) is 6.55. The van der Waals surface area contributed by atoms with Crippen LogP contribution in [0.25, 0.3) is 0 Å². The Hall–Kier alpha value is -1.13. The van der Waals surface area contributed by atoms with Gasteiger partial charge in [-0.25, -0.2) is 0 Å². The molecule has 1 aromatic heterocycles. The van der Waals surface area contributed by atoms with Crippen molar-refractivity contribution in [3.05, 3.63) is 33.2 Å². The van der Waals surface area contributed by atoms with Gasteiger partial charge in [-0.3, -0.25) is 4.79 Å². The maximum atomic E-state index is 12.5. The molecule has 2 rings (SSSR count). The van der Waals surface area contributed by atoms with E-state index in [1.165, 1.54) is 11.3 Å². The Morgan fingerprint density at radius 1 is 1.40 bits per heavy atom. The molecule has 20 heavy (non-hydrogen) atoms. The van der Waals surface area contributed by atoms with E-state index in [2.05, 4.69) is 44.1 Å². The van der Waals surface area contributed by atoms with E-state index in [4.69, 9.17) is 0 Å². The van der Waals surface area contributed by atoms with Crippen LogP contribution in [-0.2, 0) is 26.1 Å². The second-order valence-corrected chi connectivity index (χ2v) is 6.20. The molecule has 0 radical (unpaired) electrons. The van der Waals surface area contributed by atoms with Crippen LogP contribution in [0, 0.1) is 5.92 Å². The number of hydrogen-bond acceptors (Lipinski definition) is 3. The number of rotatable bonds is 5. The van der Waals surface area contributed by atoms with E-state index < -0.39 is 0 Å². The van der Waals surface area contributed by atoms with Crippen molar-refractivity contribution in [3.8, 4) is 0 Å². The molecule has 0 fully saturated rings. The third-order valence-electron chi connectivity index (χ3n) is 3.92. The van der Waals surface area contributed by atoms with Crippen LogP contribution < -0.4 is 10.9 Å². The molecule has 2 heterocycles. The first-order valence-corrected chi connectivity index (χ1v) is 7.66. The van der Waals surface area contributed by atoms with Crippen LogP contribution in [0.2, 0.25) is 0 Å². The molecule has 0 spiro atoms. The summed E-state index contributed by atoms with van der Waals surface area (Å²) in [6.07, 6.45) is 0.981. The summed E-state index contributed by atoms with van der Waals surface area (Å²) in [5.41, 5.74) is 3.65. The Kier molecular flexibility index (Phi) is 5.00. The lowest BCUT2D eigenvalue weighted by Gasteiger charge is -2.28. The van der Waals surface area contributed by atoms with E-state index in [9.17, 15) is 4.79 Å². The summed E-state index contributed by atoms with van der Waals surface area (Å²) in [5.74, 6) is 0.604. The minimum absolute atomic E-state index is 0.187. The highest BCUT2D eigenvalue weighted by Gasteiger charge is 2.19. The number of pyridine rings is 1. The van der Waals surface area contributed by atoms with Crippen molar-refractivity contribution in [2.45, 2.75) is 46.8 Å². The Morgan fingerprint density at radius 2 is 2.15 bits per heavy atom. The van der Waals surface area contributed by atoms with Gasteiger partial charge in [-0.2, -0.15) is 0 Å². The molecule has 0 unspecified atom stereocenters. The first kappa shape index (κ1) is 15.3. The van der Waals surface area contributed by atoms with Crippen LogP contribution in [0.5, 0.6) is 0 Å². The monoisotopic (exact) mass is 277 g/mol. The minimum atomic E-state index is 0.187. The fourth-order valence-corrected chi connectivity index (χ4v) is 2.88. The molecule has 0 amide bonds. The second-order valence-electron chi connectivity index (χ2n) is 6.20. The average molecular weight is 277 g/mol. The molecule has 4 heteroatoms. The Balaban J connectivity index is 2.29. The Bertz CT molecular complexity index is 519. The van der Waals surface area contributed by atoms with Crippen LogP contribution in [0.3, 0.4) is 0 Å². The summed E-state index contributed by atoms with van der Waals surface area (Å²) in [6.45, 7) is 10.8. The lowest BCUT2D eigenvalue weighted by atomic mass is 10.0. The molecule has 0 aromatic carbocycles. The lowest BCUT2D eigenvalue weighted by molar-refractivity contribution is 0.304. The summed E-state index contributed by atoms with van der Waals surface area (Å²) >= 11 is 0. The van der Waals surface area contributed by atoms with Crippen molar-refractivity contribution >= 4 is 0 Å². The molecular formula is C16H27N3O. The first-order valence-electron chi connectivity index (χ1n) is 7.66. The summed E-state index contributed by atoms with van der Waals surface area (Å²) in [4.78, 5) is 14.9. The van der Waals surface area contributed by atoms with Crippen LogP contribution in [0.15, 0.2) is 10.9 Å².